The van der Waals surface area contributed by atoms with E-state index < -0.39 is 0 Å². The molecule has 0 saturated carbocycles. The zero-order valence-corrected chi connectivity index (χ0v) is 5.89. The van der Waals surface area contributed by atoms with E-state index in [9.17, 15) is 4.79 Å². The molecule has 0 bridgehead atoms. The Balaban J connectivity index is 2.44. The van der Waals surface area contributed by atoms with E-state index in [0.29, 0.717) is 0 Å². The highest BCUT2D eigenvalue weighted by molar-refractivity contribution is 5.72. The van der Waals surface area contributed by atoms with Gasteiger partial charge in [-0.15, -0.1) is 0 Å². The number of carbonyl (C=O) groups is 1. The zero-order valence-electron chi connectivity index (χ0n) is 5.89. The average molecular weight is 128 g/mol. The van der Waals surface area contributed by atoms with Crippen LogP contribution in [0.25, 0.3) is 0 Å². The number of esters is 1. The Labute approximate surface area is 55.2 Å². The number of ether oxygens (including phenoxy) is 1. The van der Waals surface area contributed by atoms with E-state index in [4.69, 9.17) is 4.74 Å². The molecule has 0 aromatic rings. The molecule has 1 heterocycles. The first-order chi connectivity index (χ1) is 4.20. The minimum atomic E-state index is -0.0336. The van der Waals surface area contributed by atoms with Crippen LogP contribution in [0.2, 0.25) is 0 Å². The summed E-state index contributed by atoms with van der Waals surface area (Å²) in [7, 11) is 0. The van der Waals surface area contributed by atoms with Crippen molar-refractivity contribution in [2.24, 2.45) is 5.92 Å². The molecule has 1 fully saturated rings. The molecule has 1 rings (SSSR count). The van der Waals surface area contributed by atoms with Crippen molar-refractivity contribution in [3.8, 4) is 0 Å². The molecule has 0 aliphatic carbocycles. The summed E-state index contributed by atoms with van der Waals surface area (Å²) in [6, 6.07) is 0. The molecule has 1 aliphatic heterocycles. The Morgan fingerprint density at radius 1 is 1.44 bits per heavy atom. The number of hydrogen-bond acceptors (Lipinski definition) is 2. The van der Waals surface area contributed by atoms with Gasteiger partial charge in [0.05, 0.1) is 12.0 Å². The maximum absolute atomic E-state index is 10.8. The summed E-state index contributed by atoms with van der Waals surface area (Å²) >= 11 is 0. The smallest absolute Gasteiger partial charge is 0.308 e. The van der Waals surface area contributed by atoms with Gasteiger partial charge in [0.25, 0.3) is 0 Å². The maximum atomic E-state index is 10.8. The van der Waals surface area contributed by atoms with Crippen LogP contribution in [0.15, 0.2) is 0 Å². The molecule has 1 aliphatic rings. The zero-order chi connectivity index (χ0) is 6.85. The predicted molar refractivity (Wildman–Crippen MR) is 34.0 cm³/mol. The minimum Gasteiger partial charge on any atom is -0.462 e. The van der Waals surface area contributed by atoms with Gasteiger partial charge in [-0.2, -0.15) is 0 Å². The number of rotatable bonds is 0. The molecule has 1 unspecified atom stereocenters. The number of hydrogen-bond donors (Lipinski definition) is 0. The van der Waals surface area contributed by atoms with Crippen LogP contribution < -0.4 is 0 Å². The highest BCUT2D eigenvalue weighted by Crippen LogP contribution is 2.18. The van der Waals surface area contributed by atoms with Crippen molar-refractivity contribution in [1.29, 1.82) is 0 Å². The summed E-state index contributed by atoms with van der Waals surface area (Å²) in [6.07, 6.45) is 2.15. The Hall–Kier alpha value is -0.530. The number of cyclic esters (lactones) is 1. The Kier molecular flexibility index (Phi) is 1.74. The fraction of sp³-hybridized carbons (Fsp3) is 0.857. The third-order valence-corrected chi connectivity index (χ3v) is 1.73. The first-order valence-corrected chi connectivity index (χ1v) is 3.40. The molecule has 0 radical (unpaired) electrons. The maximum Gasteiger partial charge on any atom is 0.308 e. The van der Waals surface area contributed by atoms with Crippen LogP contribution in [-0.2, 0) is 9.53 Å². The highest BCUT2D eigenvalue weighted by Gasteiger charge is 2.23. The average Bonchev–Trinajstić information content (AvgIpc) is 1.80. The van der Waals surface area contributed by atoms with E-state index >= 15 is 0 Å². The van der Waals surface area contributed by atoms with E-state index in [1.54, 1.807) is 0 Å². The van der Waals surface area contributed by atoms with E-state index in [1.165, 1.54) is 0 Å². The van der Waals surface area contributed by atoms with E-state index in [0.717, 1.165) is 12.8 Å². The second-order valence-electron chi connectivity index (χ2n) is 2.73. The van der Waals surface area contributed by atoms with Crippen LogP contribution in [0, 0.1) is 5.92 Å². The molecule has 0 N–H and O–H groups in total. The molecule has 0 aromatic carbocycles. The van der Waals surface area contributed by atoms with Gasteiger partial charge in [-0.3, -0.25) is 4.79 Å². The standard InChI is InChI=1S/C7H12O2/c1-5-3-4-6(2)9-7(5)8/h5-6H,3-4H2,1-2H3/t5?,6-/m1/s1. The summed E-state index contributed by atoms with van der Waals surface area (Å²) in [5, 5.41) is 0. The van der Waals surface area contributed by atoms with Gasteiger partial charge in [0, 0.05) is 0 Å². The quantitative estimate of drug-likeness (QED) is 0.460. The topological polar surface area (TPSA) is 26.3 Å². The van der Waals surface area contributed by atoms with Crippen molar-refractivity contribution < 1.29 is 9.53 Å². The van der Waals surface area contributed by atoms with Crippen LogP contribution in [0.3, 0.4) is 0 Å². The molecular weight excluding hydrogens is 116 g/mol. The van der Waals surface area contributed by atoms with Gasteiger partial charge < -0.3 is 4.74 Å². The summed E-state index contributed by atoms with van der Waals surface area (Å²) in [5.74, 6) is 0.0925. The first-order valence-electron chi connectivity index (χ1n) is 3.40. The van der Waals surface area contributed by atoms with Gasteiger partial charge in [0.15, 0.2) is 0 Å². The lowest BCUT2D eigenvalue weighted by atomic mass is 10.0. The van der Waals surface area contributed by atoms with Gasteiger partial charge in [-0.05, 0) is 19.8 Å². The van der Waals surface area contributed by atoms with Crippen molar-refractivity contribution >= 4 is 5.97 Å². The van der Waals surface area contributed by atoms with Crippen molar-refractivity contribution in [1.82, 2.24) is 0 Å². The molecule has 0 aromatic heterocycles. The Morgan fingerprint density at radius 3 is 2.56 bits per heavy atom. The lowest BCUT2D eigenvalue weighted by Crippen LogP contribution is -2.27. The van der Waals surface area contributed by atoms with Gasteiger partial charge in [0.2, 0.25) is 0 Å². The second kappa shape index (κ2) is 2.38. The van der Waals surface area contributed by atoms with Crippen LogP contribution in [0.4, 0.5) is 0 Å². The van der Waals surface area contributed by atoms with Gasteiger partial charge >= 0.3 is 5.97 Å². The van der Waals surface area contributed by atoms with Crippen molar-refractivity contribution in [2.75, 3.05) is 0 Å². The molecule has 2 atom stereocenters. The fourth-order valence-electron chi connectivity index (χ4n) is 0.976. The summed E-state index contributed by atoms with van der Waals surface area (Å²) in [4.78, 5) is 10.8. The second-order valence-corrected chi connectivity index (χ2v) is 2.73. The van der Waals surface area contributed by atoms with Crippen LogP contribution in [-0.4, -0.2) is 12.1 Å². The molecule has 0 amide bonds. The van der Waals surface area contributed by atoms with Gasteiger partial charge in [0.1, 0.15) is 0 Å². The molecule has 0 spiro atoms. The third-order valence-electron chi connectivity index (χ3n) is 1.73. The van der Waals surface area contributed by atoms with E-state index in [1.807, 2.05) is 13.8 Å². The monoisotopic (exact) mass is 128 g/mol. The lowest BCUT2D eigenvalue weighted by Gasteiger charge is -2.22. The summed E-state index contributed by atoms with van der Waals surface area (Å²) < 4.78 is 4.96. The molecule has 2 heteroatoms. The van der Waals surface area contributed by atoms with Crippen molar-refractivity contribution in [3.63, 3.8) is 0 Å². The molecule has 9 heavy (non-hydrogen) atoms. The third kappa shape index (κ3) is 1.44. The Bertz CT molecular complexity index is 120. The molecular formula is C7H12O2. The molecule has 1 saturated heterocycles. The first kappa shape index (κ1) is 6.59. The lowest BCUT2D eigenvalue weighted by molar-refractivity contribution is -0.158. The number of carbonyl (C=O) groups excluding carboxylic acids is 1. The van der Waals surface area contributed by atoms with Gasteiger partial charge in [-0.25, -0.2) is 0 Å². The molecule has 2 nitrogen and oxygen atoms in total. The Morgan fingerprint density at radius 2 is 2.11 bits per heavy atom. The summed E-state index contributed by atoms with van der Waals surface area (Å²) in [6.45, 7) is 3.85. The summed E-state index contributed by atoms with van der Waals surface area (Å²) in [5.41, 5.74) is 0. The fourth-order valence-corrected chi connectivity index (χ4v) is 0.976. The predicted octanol–water partition coefficient (Wildman–Crippen LogP) is 1.35. The molecule has 52 valence electrons. The van der Waals surface area contributed by atoms with Crippen LogP contribution in [0.5, 0.6) is 0 Å². The van der Waals surface area contributed by atoms with Crippen LogP contribution >= 0.6 is 0 Å². The normalized spacial score (nSPS) is 36.0. The van der Waals surface area contributed by atoms with Crippen molar-refractivity contribution in [2.45, 2.75) is 32.8 Å². The minimum absolute atomic E-state index is 0.0336. The van der Waals surface area contributed by atoms with E-state index in [2.05, 4.69) is 0 Å². The SMILES string of the molecule is CC1CC[C@@H](C)OC1=O. The van der Waals surface area contributed by atoms with Crippen LogP contribution in [0.1, 0.15) is 26.7 Å². The highest BCUT2D eigenvalue weighted by atomic mass is 16.5. The van der Waals surface area contributed by atoms with Crippen molar-refractivity contribution in [3.05, 3.63) is 0 Å². The largest absolute Gasteiger partial charge is 0.462 e. The van der Waals surface area contributed by atoms with Gasteiger partial charge in [-0.1, -0.05) is 6.92 Å². The van der Waals surface area contributed by atoms with E-state index in [-0.39, 0.29) is 18.0 Å².